The van der Waals surface area contributed by atoms with E-state index in [0.29, 0.717) is 43.1 Å². The van der Waals surface area contributed by atoms with Gasteiger partial charge in [0.15, 0.2) is 11.4 Å². The zero-order chi connectivity index (χ0) is 17.4. The molecule has 3 aromatic rings. The molecule has 0 bridgehead atoms. The fourth-order valence-electron chi connectivity index (χ4n) is 2.84. The molecule has 4 rings (SSSR count). The van der Waals surface area contributed by atoms with Crippen LogP contribution in [0.5, 0.6) is 0 Å². The van der Waals surface area contributed by atoms with Crippen LogP contribution in [0.3, 0.4) is 0 Å². The number of aromatic nitrogens is 3. The van der Waals surface area contributed by atoms with E-state index in [2.05, 4.69) is 26.0 Å². The van der Waals surface area contributed by atoms with Gasteiger partial charge in [-0.1, -0.05) is 0 Å². The average molecular weight is 404 g/mol. The molecule has 1 fully saturated rings. The molecular weight excluding hydrogens is 390 g/mol. The van der Waals surface area contributed by atoms with Crippen LogP contribution in [0.4, 0.5) is 0 Å². The number of nitrogens with zero attached hydrogens (tertiary/aromatic N) is 5. The molecule has 0 radical (unpaired) electrons. The molecule has 2 amide bonds. The predicted octanol–water partition coefficient (Wildman–Crippen LogP) is 1.68. The third-order valence-electron chi connectivity index (χ3n) is 4.14. The molecule has 0 atom stereocenters. The van der Waals surface area contributed by atoms with Gasteiger partial charge in [-0.2, -0.15) is 5.10 Å². The largest absolute Gasteiger partial charge is 0.459 e. The lowest BCUT2D eigenvalue weighted by Gasteiger charge is -2.34. The van der Waals surface area contributed by atoms with Crippen LogP contribution >= 0.6 is 15.9 Å². The molecule has 0 aliphatic carbocycles. The molecule has 4 heterocycles. The van der Waals surface area contributed by atoms with Gasteiger partial charge in [-0.05, 0) is 28.1 Å². The number of piperazine rings is 1. The van der Waals surface area contributed by atoms with Crippen molar-refractivity contribution in [3.63, 3.8) is 0 Å². The van der Waals surface area contributed by atoms with Crippen LogP contribution in [-0.2, 0) is 0 Å². The molecule has 0 spiro atoms. The van der Waals surface area contributed by atoms with E-state index in [-0.39, 0.29) is 11.8 Å². The number of amides is 2. The summed E-state index contributed by atoms with van der Waals surface area (Å²) in [6.45, 7) is 1.84. The molecule has 0 saturated carbocycles. The molecule has 8 nitrogen and oxygen atoms in total. The van der Waals surface area contributed by atoms with Crippen molar-refractivity contribution < 1.29 is 14.0 Å². The third-order valence-corrected chi connectivity index (χ3v) is 4.55. The standard InChI is InChI=1S/C16H14BrN5O3/c17-11-8-18-14-12(9-19-22(14)10-11)15(23)20-3-5-21(6-4-20)16(24)13-2-1-7-25-13/h1-2,7-10H,3-6H2. The van der Waals surface area contributed by atoms with Crippen molar-refractivity contribution in [1.82, 2.24) is 24.4 Å². The normalized spacial score (nSPS) is 14.9. The van der Waals surface area contributed by atoms with Crippen molar-refractivity contribution in [3.05, 3.63) is 52.8 Å². The molecule has 0 N–H and O–H groups in total. The highest BCUT2D eigenvalue weighted by molar-refractivity contribution is 9.10. The van der Waals surface area contributed by atoms with Crippen molar-refractivity contribution in [2.75, 3.05) is 26.2 Å². The Bertz CT molecular complexity index is 929. The lowest BCUT2D eigenvalue weighted by molar-refractivity contribution is 0.0519. The van der Waals surface area contributed by atoms with Gasteiger partial charge in [0.25, 0.3) is 11.8 Å². The molecule has 1 saturated heterocycles. The Morgan fingerprint density at radius 3 is 2.48 bits per heavy atom. The van der Waals surface area contributed by atoms with Gasteiger partial charge < -0.3 is 14.2 Å². The highest BCUT2D eigenvalue weighted by Gasteiger charge is 2.28. The first-order chi connectivity index (χ1) is 12.1. The van der Waals surface area contributed by atoms with Gasteiger partial charge in [-0.15, -0.1) is 0 Å². The van der Waals surface area contributed by atoms with Crippen molar-refractivity contribution >= 4 is 33.4 Å². The predicted molar refractivity (Wildman–Crippen MR) is 91.2 cm³/mol. The minimum absolute atomic E-state index is 0.130. The van der Waals surface area contributed by atoms with Crippen molar-refractivity contribution in [2.24, 2.45) is 0 Å². The summed E-state index contributed by atoms with van der Waals surface area (Å²) in [6, 6.07) is 3.33. The van der Waals surface area contributed by atoms with E-state index in [1.165, 1.54) is 12.5 Å². The van der Waals surface area contributed by atoms with E-state index >= 15 is 0 Å². The first-order valence-electron chi connectivity index (χ1n) is 7.74. The first kappa shape index (κ1) is 15.8. The Kier molecular flexibility index (Phi) is 4.00. The smallest absolute Gasteiger partial charge is 0.289 e. The van der Waals surface area contributed by atoms with Gasteiger partial charge in [0.2, 0.25) is 0 Å². The monoisotopic (exact) mass is 403 g/mol. The summed E-state index contributed by atoms with van der Waals surface area (Å²) in [7, 11) is 0. The number of fused-ring (bicyclic) bond motifs is 1. The Balaban J connectivity index is 1.46. The molecule has 1 aliphatic rings. The highest BCUT2D eigenvalue weighted by Crippen LogP contribution is 2.16. The molecular formula is C16H14BrN5O3. The summed E-state index contributed by atoms with van der Waals surface area (Å²) in [5, 5.41) is 4.17. The second kappa shape index (κ2) is 6.32. The lowest BCUT2D eigenvalue weighted by atomic mass is 10.2. The number of hydrogen-bond donors (Lipinski definition) is 0. The number of halogens is 1. The number of rotatable bonds is 2. The van der Waals surface area contributed by atoms with E-state index in [9.17, 15) is 9.59 Å². The van der Waals surface area contributed by atoms with Gasteiger partial charge in [-0.3, -0.25) is 9.59 Å². The zero-order valence-electron chi connectivity index (χ0n) is 13.1. The maximum absolute atomic E-state index is 12.8. The van der Waals surface area contributed by atoms with Gasteiger partial charge in [0.05, 0.1) is 16.9 Å². The van der Waals surface area contributed by atoms with E-state index in [1.807, 2.05) is 0 Å². The molecule has 1 aliphatic heterocycles. The second-order valence-electron chi connectivity index (χ2n) is 5.66. The lowest BCUT2D eigenvalue weighted by Crippen LogP contribution is -2.50. The van der Waals surface area contributed by atoms with Crippen LogP contribution in [0.1, 0.15) is 20.9 Å². The van der Waals surface area contributed by atoms with Crippen molar-refractivity contribution in [2.45, 2.75) is 0 Å². The average Bonchev–Trinajstić information content (AvgIpc) is 3.30. The van der Waals surface area contributed by atoms with E-state index in [4.69, 9.17) is 4.42 Å². The molecule has 25 heavy (non-hydrogen) atoms. The summed E-state index contributed by atoms with van der Waals surface area (Å²) in [4.78, 5) is 32.7. The molecule has 3 aromatic heterocycles. The molecule has 9 heteroatoms. The van der Waals surface area contributed by atoms with Crippen molar-refractivity contribution in [3.8, 4) is 0 Å². The molecule has 0 aromatic carbocycles. The summed E-state index contributed by atoms with van der Waals surface area (Å²) >= 11 is 3.33. The van der Waals surface area contributed by atoms with E-state index in [1.54, 1.807) is 38.8 Å². The fraction of sp³-hybridized carbons (Fsp3) is 0.250. The van der Waals surface area contributed by atoms with E-state index in [0.717, 1.165) is 4.47 Å². The van der Waals surface area contributed by atoms with Crippen molar-refractivity contribution in [1.29, 1.82) is 0 Å². The van der Waals surface area contributed by atoms with Crippen LogP contribution in [0.25, 0.3) is 5.65 Å². The molecule has 0 unspecified atom stereocenters. The van der Waals surface area contributed by atoms with Gasteiger partial charge >= 0.3 is 0 Å². The Morgan fingerprint density at radius 2 is 1.80 bits per heavy atom. The third kappa shape index (κ3) is 2.91. The number of hydrogen-bond acceptors (Lipinski definition) is 5. The molecule has 128 valence electrons. The SMILES string of the molecule is O=C(c1ccco1)N1CCN(C(=O)c2cnn3cc(Br)cnc23)CC1. The highest BCUT2D eigenvalue weighted by atomic mass is 79.9. The topological polar surface area (TPSA) is 84.0 Å². The Morgan fingerprint density at radius 1 is 1.08 bits per heavy atom. The Hall–Kier alpha value is -2.68. The Labute approximate surface area is 151 Å². The van der Waals surface area contributed by atoms with Crippen LogP contribution in [0.15, 0.2) is 45.9 Å². The minimum Gasteiger partial charge on any atom is -0.459 e. The van der Waals surface area contributed by atoms with Gasteiger partial charge in [-0.25, -0.2) is 9.50 Å². The number of carbonyl (C=O) groups is 2. The second-order valence-corrected chi connectivity index (χ2v) is 6.58. The summed E-state index contributed by atoms with van der Waals surface area (Å²) in [5.74, 6) is 0.0340. The van der Waals surface area contributed by atoms with Gasteiger partial charge in [0.1, 0.15) is 5.56 Å². The van der Waals surface area contributed by atoms with Crippen LogP contribution in [0, 0.1) is 0 Å². The first-order valence-corrected chi connectivity index (χ1v) is 8.54. The maximum Gasteiger partial charge on any atom is 0.289 e. The minimum atomic E-state index is -0.153. The van der Waals surface area contributed by atoms with Crippen LogP contribution in [0.2, 0.25) is 0 Å². The van der Waals surface area contributed by atoms with E-state index < -0.39 is 0 Å². The number of carbonyl (C=O) groups excluding carboxylic acids is 2. The van der Waals surface area contributed by atoms with Crippen LogP contribution < -0.4 is 0 Å². The maximum atomic E-state index is 12.8. The fourth-order valence-corrected chi connectivity index (χ4v) is 3.14. The quantitative estimate of drug-likeness (QED) is 0.649. The zero-order valence-corrected chi connectivity index (χ0v) is 14.7. The van der Waals surface area contributed by atoms with Crippen LogP contribution in [-0.4, -0.2) is 62.4 Å². The van der Waals surface area contributed by atoms with Gasteiger partial charge in [0, 0.05) is 38.6 Å². The summed E-state index contributed by atoms with van der Waals surface area (Å²) in [6.07, 6.45) is 6.38. The summed E-state index contributed by atoms with van der Waals surface area (Å²) in [5.41, 5.74) is 0.973. The summed E-state index contributed by atoms with van der Waals surface area (Å²) < 4.78 is 7.49. The number of furan rings is 1.